The van der Waals surface area contributed by atoms with Crippen molar-refractivity contribution in [3.63, 3.8) is 0 Å². The Morgan fingerprint density at radius 1 is 0.354 bits per heavy atom. The van der Waals surface area contributed by atoms with E-state index in [1.165, 1.54) is 76.6 Å². The molecule has 1 aromatic heterocycles. The number of benzene rings is 6. The topological polar surface area (TPSA) is 38.7 Å². The third kappa shape index (κ3) is 4.86. The quantitative estimate of drug-likeness (QED) is 0.193. The van der Waals surface area contributed by atoms with Gasteiger partial charge in [0.1, 0.15) is 0 Å². The van der Waals surface area contributed by atoms with Crippen LogP contribution in [-0.2, 0) is 5.41 Å². The minimum atomic E-state index is 0.111. The van der Waals surface area contributed by atoms with Crippen molar-refractivity contribution < 1.29 is 0 Å². The summed E-state index contributed by atoms with van der Waals surface area (Å²) in [5, 5.41) is 0. The lowest BCUT2D eigenvalue weighted by molar-refractivity contribution is 0.353. The number of rotatable bonds is 5. The fraction of sp³-hybridized carbons (Fsp3) is 0.133. The van der Waals surface area contributed by atoms with E-state index in [0.29, 0.717) is 17.5 Å². The maximum Gasteiger partial charge on any atom is 0.164 e. The molecule has 0 bridgehead atoms. The average Bonchev–Trinajstić information content (AvgIpc) is 3.44. The zero-order valence-corrected chi connectivity index (χ0v) is 26.8. The second-order valence-electron chi connectivity index (χ2n) is 13.1. The standard InChI is InChI=1S/C45H35N3/c1-4-14-32(15-5-1)42-46-43(33-16-6-2-7-17-33)48-44(47-42)34-26-24-31(25-27-34)35-18-12-19-36(30-35)37-21-13-22-39-38-20-8-9-23-40(38)45(41(37)39)28-10-3-11-29-45/h1-2,4-9,12-27,30H,3,10-11,28-29H2. The van der Waals surface area contributed by atoms with Crippen LogP contribution in [0.25, 0.3) is 67.5 Å². The van der Waals surface area contributed by atoms with E-state index in [4.69, 9.17) is 15.0 Å². The van der Waals surface area contributed by atoms with Crippen LogP contribution in [0.15, 0.2) is 152 Å². The van der Waals surface area contributed by atoms with Crippen molar-refractivity contribution in [3.8, 4) is 67.5 Å². The molecule has 3 nitrogen and oxygen atoms in total. The highest BCUT2D eigenvalue weighted by atomic mass is 15.0. The Labute approximate surface area is 282 Å². The highest BCUT2D eigenvalue weighted by Gasteiger charge is 2.45. The van der Waals surface area contributed by atoms with Gasteiger partial charge >= 0.3 is 0 Å². The monoisotopic (exact) mass is 617 g/mol. The molecule has 0 radical (unpaired) electrons. The van der Waals surface area contributed by atoms with Gasteiger partial charge in [-0.05, 0) is 63.4 Å². The summed E-state index contributed by atoms with van der Waals surface area (Å²) in [6.07, 6.45) is 6.36. The van der Waals surface area contributed by atoms with Gasteiger partial charge in [0.2, 0.25) is 0 Å². The Balaban J connectivity index is 1.09. The first-order valence-corrected chi connectivity index (χ1v) is 17.1. The predicted molar refractivity (Wildman–Crippen MR) is 196 cm³/mol. The predicted octanol–water partition coefficient (Wildman–Crippen LogP) is 11.4. The van der Waals surface area contributed by atoms with Crippen LogP contribution in [0, 0.1) is 0 Å². The Kier molecular flexibility index (Phi) is 7.04. The molecule has 9 rings (SSSR count). The molecule has 3 heteroatoms. The van der Waals surface area contributed by atoms with E-state index in [9.17, 15) is 0 Å². The number of aromatic nitrogens is 3. The molecule has 1 saturated carbocycles. The van der Waals surface area contributed by atoms with Crippen LogP contribution >= 0.6 is 0 Å². The molecule has 0 atom stereocenters. The first kappa shape index (κ1) is 28.5. The van der Waals surface area contributed by atoms with E-state index in [1.807, 2.05) is 60.7 Å². The first-order valence-electron chi connectivity index (χ1n) is 17.1. The summed E-state index contributed by atoms with van der Waals surface area (Å²) in [4.78, 5) is 14.7. The van der Waals surface area contributed by atoms with Crippen LogP contribution in [0.4, 0.5) is 0 Å². The Bertz CT molecular complexity index is 2190. The number of hydrogen-bond donors (Lipinski definition) is 0. The summed E-state index contributed by atoms with van der Waals surface area (Å²) < 4.78 is 0. The third-order valence-corrected chi connectivity index (χ3v) is 10.3. The molecule has 1 fully saturated rings. The van der Waals surface area contributed by atoms with Crippen LogP contribution in [0.3, 0.4) is 0 Å². The lowest BCUT2D eigenvalue weighted by atomic mass is 9.66. The Morgan fingerprint density at radius 2 is 0.833 bits per heavy atom. The van der Waals surface area contributed by atoms with Gasteiger partial charge in [-0.2, -0.15) is 0 Å². The van der Waals surface area contributed by atoms with E-state index in [0.717, 1.165) is 16.7 Å². The van der Waals surface area contributed by atoms with Crippen molar-refractivity contribution in [2.45, 2.75) is 37.5 Å². The zero-order chi connectivity index (χ0) is 31.9. The van der Waals surface area contributed by atoms with Gasteiger partial charge in [-0.3, -0.25) is 0 Å². The number of hydrogen-bond acceptors (Lipinski definition) is 3. The largest absolute Gasteiger partial charge is 0.208 e. The molecule has 7 aromatic rings. The second-order valence-corrected chi connectivity index (χ2v) is 13.1. The minimum absolute atomic E-state index is 0.111. The van der Waals surface area contributed by atoms with Crippen LogP contribution in [-0.4, -0.2) is 15.0 Å². The molecule has 0 N–H and O–H groups in total. The molecular weight excluding hydrogens is 583 g/mol. The van der Waals surface area contributed by atoms with Gasteiger partial charge in [-0.25, -0.2) is 15.0 Å². The molecule has 0 unspecified atom stereocenters. The van der Waals surface area contributed by atoms with Gasteiger partial charge < -0.3 is 0 Å². The summed E-state index contributed by atoms with van der Waals surface area (Å²) >= 11 is 0. The normalized spacial score (nSPS) is 14.4. The first-order chi connectivity index (χ1) is 23.8. The van der Waals surface area contributed by atoms with E-state index < -0.39 is 0 Å². The summed E-state index contributed by atoms with van der Waals surface area (Å²) in [5.74, 6) is 2.01. The van der Waals surface area contributed by atoms with Crippen molar-refractivity contribution in [3.05, 3.63) is 163 Å². The Morgan fingerprint density at radius 3 is 1.50 bits per heavy atom. The van der Waals surface area contributed by atoms with Gasteiger partial charge in [0, 0.05) is 22.1 Å². The van der Waals surface area contributed by atoms with Crippen LogP contribution < -0.4 is 0 Å². The Hall–Kier alpha value is -5.67. The van der Waals surface area contributed by atoms with Gasteiger partial charge in [-0.1, -0.05) is 165 Å². The highest BCUT2D eigenvalue weighted by molar-refractivity contribution is 5.89. The number of fused-ring (bicyclic) bond motifs is 5. The van der Waals surface area contributed by atoms with Gasteiger partial charge in [0.15, 0.2) is 17.5 Å². The fourth-order valence-electron chi connectivity index (χ4n) is 8.09. The van der Waals surface area contributed by atoms with E-state index in [2.05, 4.69) is 91.0 Å². The maximum atomic E-state index is 4.93. The van der Waals surface area contributed by atoms with E-state index in [-0.39, 0.29) is 5.41 Å². The molecule has 48 heavy (non-hydrogen) atoms. The molecule has 0 aliphatic heterocycles. The molecule has 230 valence electrons. The zero-order valence-electron chi connectivity index (χ0n) is 26.8. The fourth-order valence-corrected chi connectivity index (χ4v) is 8.09. The maximum absolute atomic E-state index is 4.93. The average molecular weight is 618 g/mol. The summed E-state index contributed by atoms with van der Waals surface area (Å²) in [7, 11) is 0. The van der Waals surface area contributed by atoms with Gasteiger partial charge in [0.05, 0.1) is 0 Å². The van der Waals surface area contributed by atoms with E-state index in [1.54, 1.807) is 0 Å². The number of nitrogens with zero attached hydrogens (tertiary/aromatic N) is 3. The summed E-state index contributed by atoms with van der Waals surface area (Å²) in [6, 6.07) is 54.1. The molecule has 2 aliphatic rings. The molecule has 0 saturated heterocycles. The van der Waals surface area contributed by atoms with Crippen molar-refractivity contribution in [1.82, 2.24) is 15.0 Å². The smallest absolute Gasteiger partial charge is 0.164 e. The summed E-state index contributed by atoms with van der Waals surface area (Å²) in [5.41, 5.74) is 14.0. The SMILES string of the molecule is c1ccc(-c2nc(-c3ccccc3)nc(-c3ccc(-c4cccc(-c5cccc6c5C5(CCCCC5)c5ccccc5-6)c4)cc3)n2)cc1. The van der Waals surface area contributed by atoms with Crippen LogP contribution in [0.1, 0.15) is 43.2 Å². The molecule has 1 heterocycles. The van der Waals surface area contributed by atoms with Gasteiger partial charge in [-0.15, -0.1) is 0 Å². The van der Waals surface area contributed by atoms with Crippen molar-refractivity contribution in [1.29, 1.82) is 0 Å². The van der Waals surface area contributed by atoms with Crippen LogP contribution in [0.2, 0.25) is 0 Å². The van der Waals surface area contributed by atoms with Gasteiger partial charge in [0.25, 0.3) is 0 Å². The second kappa shape index (κ2) is 11.8. The van der Waals surface area contributed by atoms with Crippen molar-refractivity contribution in [2.75, 3.05) is 0 Å². The van der Waals surface area contributed by atoms with Crippen LogP contribution in [0.5, 0.6) is 0 Å². The lowest BCUT2D eigenvalue weighted by Crippen LogP contribution is -2.28. The molecular formula is C45H35N3. The van der Waals surface area contributed by atoms with Crippen molar-refractivity contribution >= 4 is 0 Å². The minimum Gasteiger partial charge on any atom is -0.208 e. The third-order valence-electron chi connectivity index (χ3n) is 10.3. The molecule has 2 aliphatic carbocycles. The van der Waals surface area contributed by atoms with E-state index >= 15 is 0 Å². The molecule has 6 aromatic carbocycles. The molecule has 0 amide bonds. The summed E-state index contributed by atoms with van der Waals surface area (Å²) in [6.45, 7) is 0. The lowest BCUT2D eigenvalue weighted by Gasteiger charge is -2.37. The highest BCUT2D eigenvalue weighted by Crippen LogP contribution is 2.58. The van der Waals surface area contributed by atoms with Crippen molar-refractivity contribution in [2.24, 2.45) is 0 Å². The molecule has 1 spiro atoms.